The van der Waals surface area contributed by atoms with Crippen LogP contribution in [0.3, 0.4) is 0 Å². The van der Waals surface area contributed by atoms with Crippen molar-refractivity contribution in [1.29, 1.82) is 5.26 Å². The average molecular weight is 148 g/mol. The molecule has 0 saturated heterocycles. The molecule has 1 aromatic rings. The second-order valence-corrected chi connectivity index (χ2v) is 1.86. The minimum Gasteiger partial charge on any atom is -0.262 e. The molecule has 0 atom stereocenters. The van der Waals surface area contributed by atoms with Gasteiger partial charge in [-0.3, -0.25) is 4.98 Å². The first-order chi connectivity index (χ1) is 5.34. The fourth-order valence-corrected chi connectivity index (χ4v) is 0.648. The Morgan fingerprint density at radius 2 is 2.45 bits per heavy atom. The number of rotatable bonds is 1. The summed E-state index contributed by atoms with van der Waals surface area (Å²) in [5.41, 5.74) is 0.376. The van der Waals surface area contributed by atoms with Crippen molar-refractivity contribution in [3.63, 3.8) is 0 Å². The highest BCUT2D eigenvalue weighted by Crippen LogP contribution is 2.05. The summed E-state index contributed by atoms with van der Waals surface area (Å²) in [6.07, 6.45) is 5.20. The van der Waals surface area contributed by atoms with E-state index in [1.807, 2.05) is 0 Å². The van der Waals surface area contributed by atoms with Crippen molar-refractivity contribution < 1.29 is 4.39 Å². The molecular weight excluding hydrogens is 143 g/mol. The van der Waals surface area contributed by atoms with Gasteiger partial charge >= 0.3 is 0 Å². The zero-order valence-electron chi connectivity index (χ0n) is 5.66. The van der Waals surface area contributed by atoms with Gasteiger partial charge in [-0.2, -0.15) is 5.26 Å². The number of allylic oxidation sites excluding steroid dienone is 1. The lowest BCUT2D eigenvalue weighted by molar-refractivity contribution is 0.618. The maximum atomic E-state index is 12.7. The molecule has 0 aromatic carbocycles. The Balaban J connectivity index is 2.97. The Kier molecular flexibility index (Phi) is 2.34. The Bertz CT molecular complexity index is 312. The lowest BCUT2D eigenvalue weighted by Gasteiger charge is -1.91. The Labute approximate surface area is 63.6 Å². The number of hydrogen-bond acceptors (Lipinski definition) is 2. The highest BCUT2D eigenvalue weighted by atomic mass is 19.1. The minimum atomic E-state index is -0.418. The van der Waals surface area contributed by atoms with Gasteiger partial charge < -0.3 is 0 Å². The van der Waals surface area contributed by atoms with Crippen LogP contribution in [0.2, 0.25) is 0 Å². The van der Waals surface area contributed by atoms with Gasteiger partial charge in [0, 0.05) is 17.8 Å². The van der Waals surface area contributed by atoms with Crippen molar-refractivity contribution in [2.45, 2.75) is 0 Å². The van der Waals surface area contributed by atoms with Gasteiger partial charge in [0.25, 0.3) is 0 Å². The van der Waals surface area contributed by atoms with Crippen LogP contribution in [0.25, 0.3) is 6.08 Å². The summed E-state index contributed by atoms with van der Waals surface area (Å²) < 4.78 is 12.7. The molecule has 0 fully saturated rings. The summed E-state index contributed by atoms with van der Waals surface area (Å²) in [4.78, 5) is 3.56. The fourth-order valence-electron chi connectivity index (χ4n) is 0.648. The third kappa shape index (κ3) is 1.87. The monoisotopic (exact) mass is 148 g/mol. The first-order valence-electron chi connectivity index (χ1n) is 3.00. The van der Waals surface area contributed by atoms with E-state index in [2.05, 4.69) is 4.98 Å². The maximum Gasteiger partial charge on any atom is 0.148 e. The summed E-state index contributed by atoms with van der Waals surface area (Å²) >= 11 is 0. The molecule has 11 heavy (non-hydrogen) atoms. The van der Waals surface area contributed by atoms with Gasteiger partial charge in [-0.15, -0.1) is 0 Å². The fraction of sp³-hybridized carbons (Fsp3) is 0. The quantitative estimate of drug-likeness (QED) is 0.569. The molecule has 54 valence electrons. The van der Waals surface area contributed by atoms with E-state index >= 15 is 0 Å². The van der Waals surface area contributed by atoms with Gasteiger partial charge in [0.1, 0.15) is 5.82 Å². The second kappa shape index (κ2) is 3.47. The molecule has 0 aliphatic rings. The number of nitrogens with zero attached hydrogens (tertiary/aromatic N) is 2. The molecule has 1 aromatic heterocycles. The predicted molar refractivity (Wildman–Crippen MR) is 38.8 cm³/mol. The molecule has 1 heterocycles. The van der Waals surface area contributed by atoms with Crippen LogP contribution in [0.1, 0.15) is 5.56 Å². The first-order valence-corrected chi connectivity index (χ1v) is 3.00. The van der Waals surface area contributed by atoms with Crippen molar-refractivity contribution in [1.82, 2.24) is 4.98 Å². The molecule has 0 saturated carbocycles. The van der Waals surface area contributed by atoms with E-state index in [4.69, 9.17) is 5.26 Å². The standard InChI is InChI=1S/C8H5FN2/c9-8-6-11-5-3-7(8)2-1-4-10/h1-3,5-6H. The smallest absolute Gasteiger partial charge is 0.148 e. The van der Waals surface area contributed by atoms with Crippen molar-refractivity contribution in [3.8, 4) is 6.07 Å². The Morgan fingerprint density at radius 3 is 3.09 bits per heavy atom. The zero-order chi connectivity index (χ0) is 8.10. The van der Waals surface area contributed by atoms with E-state index in [9.17, 15) is 4.39 Å². The van der Waals surface area contributed by atoms with Crippen molar-refractivity contribution >= 4 is 6.08 Å². The van der Waals surface area contributed by atoms with Crippen LogP contribution in [0.15, 0.2) is 24.5 Å². The summed E-state index contributed by atoms with van der Waals surface area (Å²) in [5.74, 6) is -0.418. The SMILES string of the molecule is N#CC=Cc1ccncc1F. The highest BCUT2D eigenvalue weighted by molar-refractivity contribution is 5.51. The molecule has 2 nitrogen and oxygen atoms in total. The summed E-state index contributed by atoms with van der Waals surface area (Å²) in [5, 5.41) is 8.14. The van der Waals surface area contributed by atoms with Crippen LogP contribution in [-0.4, -0.2) is 4.98 Å². The molecule has 0 radical (unpaired) electrons. The van der Waals surface area contributed by atoms with E-state index in [1.54, 1.807) is 6.07 Å². The normalized spacial score (nSPS) is 9.82. The van der Waals surface area contributed by atoms with Gasteiger partial charge in [0.15, 0.2) is 0 Å². The molecule has 0 aliphatic carbocycles. The van der Waals surface area contributed by atoms with E-state index in [0.717, 1.165) is 6.20 Å². The number of halogens is 1. The summed E-state index contributed by atoms with van der Waals surface area (Å²) in [6, 6.07) is 3.28. The molecule has 0 N–H and O–H groups in total. The van der Waals surface area contributed by atoms with Crippen LogP contribution in [0, 0.1) is 17.1 Å². The predicted octanol–water partition coefficient (Wildman–Crippen LogP) is 1.76. The minimum absolute atomic E-state index is 0.376. The molecule has 1 rings (SSSR count). The second-order valence-electron chi connectivity index (χ2n) is 1.86. The largest absolute Gasteiger partial charge is 0.262 e. The summed E-state index contributed by atoms with van der Waals surface area (Å²) in [7, 11) is 0. The Morgan fingerprint density at radius 1 is 1.64 bits per heavy atom. The molecule has 0 aliphatic heterocycles. The number of aromatic nitrogens is 1. The molecule has 0 spiro atoms. The third-order valence-corrected chi connectivity index (χ3v) is 1.14. The van der Waals surface area contributed by atoms with E-state index < -0.39 is 5.82 Å². The molecule has 0 unspecified atom stereocenters. The molecule has 3 heteroatoms. The van der Waals surface area contributed by atoms with Gasteiger partial charge in [-0.25, -0.2) is 4.39 Å². The van der Waals surface area contributed by atoms with Gasteiger partial charge in [-0.1, -0.05) is 0 Å². The number of nitriles is 1. The lowest BCUT2D eigenvalue weighted by Crippen LogP contribution is -1.81. The van der Waals surface area contributed by atoms with Crippen molar-refractivity contribution in [2.75, 3.05) is 0 Å². The molecule has 0 amide bonds. The third-order valence-electron chi connectivity index (χ3n) is 1.14. The number of pyridine rings is 1. The van der Waals surface area contributed by atoms with Crippen molar-refractivity contribution in [3.05, 3.63) is 35.9 Å². The van der Waals surface area contributed by atoms with Crippen molar-refractivity contribution in [2.24, 2.45) is 0 Å². The molecular formula is C8H5FN2. The van der Waals surface area contributed by atoms with Crippen LogP contribution in [0.4, 0.5) is 4.39 Å². The van der Waals surface area contributed by atoms with Crippen LogP contribution in [-0.2, 0) is 0 Å². The van der Waals surface area contributed by atoms with Gasteiger partial charge in [0.2, 0.25) is 0 Å². The zero-order valence-corrected chi connectivity index (χ0v) is 5.66. The van der Waals surface area contributed by atoms with E-state index in [0.29, 0.717) is 5.56 Å². The Hall–Kier alpha value is -1.69. The van der Waals surface area contributed by atoms with Crippen LogP contribution in [0.5, 0.6) is 0 Å². The van der Waals surface area contributed by atoms with E-state index in [-0.39, 0.29) is 0 Å². The maximum absolute atomic E-state index is 12.7. The average Bonchev–Trinajstić information content (AvgIpc) is 2.03. The van der Waals surface area contributed by atoms with Gasteiger partial charge in [0.05, 0.1) is 12.3 Å². The first kappa shape index (κ1) is 7.42. The molecule has 0 bridgehead atoms. The lowest BCUT2D eigenvalue weighted by atomic mass is 10.2. The van der Waals surface area contributed by atoms with Crippen LogP contribution >= 0.6 is 0 Å². The summed E-state index contributed by atoms with van der Waals surface area (Å²) in [6.45, 7) is 0. The van der Waals surface area contributed by atoms with E-state index in [1.165, 1.54) is 24.4 Å². The number of hydrogen-bond donors (Lipinski definition) is 0. The highest BCUT2D eigenvalue weighted by Gasteiger charge is 1.94. The van der Waals surface area contributed by atoms with Crippen LogP contribution < -0.4 is 0 Å². The topological polar surface area (TPSA) is 36.7 Å². The van der Waals surface area contributed by atoms with Gasteiger partial charge in [-0.05, 0) is 12.1 Å².